The van der Waals surface area contributed by atoms with E-state index < -0.39 is 0 Å². The molecule has 0 unspecified atom stereocenters. The van der Waals surface area contributed by atoms with Crippen LogP contribution in [0.3, 0.4) is 0 Å². The highest BCUT2D eigenvalue weighted by Gasteiger charge is 2.26. The number of aliphatic hydroxyl groups excluding tert-OH is 1. The fraction of sp³-hybridized carbons (Fsp3) is 0.786. The maximum Gasteiger partial charge on any atom is 0.236 e. The average molecular weight is 383 g/mol. The topological polar surface area (TPSA) is 101 Å². The van der Waals surface area contributed by atoms with E-state index in [-0.39, 0.29) is 43.9 Å². The zero-order valence-electron chi connectivity index (χ0n) is 14.2. The number of amides is 1. The Morgan fingerprint density at radius 3 is 2.50 bits per heavy atom. The molecule has 2 rings (SSSR count). The lowest BCUT2D eigenvalue weighted by atomic mass is 9.96. The van der Waals surface area contributed by atoms with Crippen LogP contribution in [-0.4, -0.2) is 75.4 Å². The van der Waals surface area contributed by atoms with Gasteiger partial charge in [-0.25, -0.2) is 0 Å². The Morgan fingerprint density at radius 2 is 1.96 bits per heavy atom. The van der Waals surface area contributed by atoms with Crippen LogP contribution in [0.1, 0.15) is 30.4 Å². The van der Waals surface area contributed by atoms with E-state index in [1.54, 1.807) is 0 Å². The maximum atomic E-state index is 11.6. The molecule has 1 fully saturated rings. The molecule has 0 radical (unpaired) electrons. The van der Waals surface area contributed by atoms with E-state index >= 15 is 0 Å². The summed E-state index contributed by atoms with van der Waals surface area (Å²) in [6, 6.07) is 0. The lowest BCUT2D eigenvalue weighted by molar-refractivity contribution is -0.130. The van der Waals surface area contributed by atoms with E-state index in [0.29, 0.717) is 19.0 Å². The van der Waals surface area contributed by atoms with Gasteiger partial charge in [-0.15, -0.1) is 35.0 Å². The van der Waals surface area contributed by atoms with Gasteiger partial charge in [0.1, 0.15) is 11.6 Å². The molecule has 0 bridgehead atoms. The summed E-state index contributed by atoms with van der Waals surface area (Å²) in [4.78, 5) is 15.4. The largest absolute Gasteiger partial charge is 0.395 e. The van der Waals surface area contributed by atoms with Crippen LogP contribution in [-0.2, 0) is 18.4 Å². The molecule has 0 spiro atoms. The Hall–Kier alpha value is -0.930. The number of aromatic nitrogens is 3. The molecular formula is C14H28Cl2N6O2. The van der Waals surface area contributed by atoms with E-state index in [0.717, 1.165) is 37.6 Å². The number of carbonyl (C=O) groups is 1. The predicted octanol–water partition coefficient (Wildman–Crippen LogP) is -0.253. The number of hydrogen-bond donors (Lipinski definition) is 2. The minimum Gasteiger partial charge on any atom is -0.395 e. The minimum atomic E-state index is 0. The van der Waals surface area contributed by atoms with Gasteiger partial charge in [-0.2, -0.15) is 0 Å². The Balaban J connectivity index is 0.00000264. The number of likely N-dealkylation sites (tertiary alicyclic amines) is 1. The van der Waals surface area contributed by atoms with Crippen LogP contribution in [0.2, 0.25) is 0 Å². The number of likely N-dealkylation sites (N-methyl/N-ethyl adjacent to an activating group) is 1. The van der Waals surface area contributed by atoms with E-state index in [2.05, 4.69) is 10.2 Å². The van der Waals surface area contributed by atoms with E-state index in [1.165, 1.54) is 0 Å². The minimum absolute atomic E-state index is 0. The quantitative estimate of drug-likeness (QED) is 0.703. The van der Waals surface area contributed by atoms with Gasteiger partial charge in [0.15, 0.2) is 0 Å². The highest BCUT2D eigenvalue weighted by molar-refractivity contribution is 5.85. The zero-order chi connectivity index (χ0) is 16.1. The van der Waals surface area contributed by atoms with Crippen molar-refractivity contribution in [1.29, 1.82) is 0 Å². The van der Waals surface area contributed by atoms with Crippen molar-refractivity contribution in [2.75, 3.05) is 39.8 Å². The average Bonchev–Trinajstić information content (AvgIpc) is 2.88. The number of nitrogens with two attached hydrogens (primary N) is 1. The lowest BCUT2D eigenvalue weighted by Crippen LogP contribution is -2.41. The van der Waals surface area contributed by atoms with Gasteiger partial charge in [-0.3, -0.25) is 9.69 Å². The molecule has 140 valence electrons. The molecule has 0 atom stereocenters. The second kappa shape index (κ2) is 10.8. The molecule has 1 saturated heterocycles. The fourth-order valence-electron chi connectivity index (χ4n) is 2.88. The molecule has 0 aromatic carbocycles. The third-order valence-corrected chi connectivity index (χ3v) is 4.28. The van der Waals surface area contributed by atoms with Crippen LogP contribution in [0.15, 0.2) is 0 Å². The van der Waals surface area contributed by atoms with Crippen molar-refractivity contribution >= 4 is 30.7 Å². The third-order valence-electron chi connectivity index (χ3n) is 4.28. The predicted molar refractivity (Wildman–Crippen MR) is 96.5 cm³/mol. The van der Waals surface area contributed by atoms with Gasteiger partial charge in [-0.1, -0.05) is 0 Å². The Morgan fingerprint density at radius 1 is 1.33 bits per heavy atom. The molecule has 24 heavy (non-hydrogen) atoms. The molecule has 1 aliphatic rings. The van der Waals surface area contributed by atoms with Gasteiger partial charge in [0.05, 0.1) is 19.7 Å². The summed E-state index contributed by atoms with van der Waals surface area (Å²) in [7, 11) is 3.93. The highest BCUT2D eigenvalue weighted by atomic mass is 35.5. The second-order valence-electron chi connectivity index (χ2n) is 5.85. The molecule has 1 amide bonds. The Bertz CT molecular complexity index is 505. The van der Waals surface area contributed by atoms with Gasteiger partial charge in [0.2, 0.25) is 5.91 Å². The molecule has 8 nitrogen and oxygen atoms in total. The Labute approximate surface area is 155 Å². The van der Waals surface area contributed by atoms with Crippen LogP contribution in [0.4, 0.5) is 0 Å². The van der Waals surface area contributed by atoms with Gasteiger partial charge >= 0.3 is 0 Å². The molecule has 2 heterocycles. The molecule has 1 aromatic heterocycles. The van der Waals surface area contributed by atoms with Gasteiger partial charge < -0.3 is 20.3 Å². The van der Waals surface area contributed by atoms with Crippen molar-refractivity contribution in [3.05, 3.63) is 11.6 Å². The molecule has 10 heteroatoms. The molecular weight excluding hydrogens is 355 g/mol. The summed E-state index contributed by atoms with van der Waals surface area (Å²) in [6.45, 7) is 2.95. The van der Waals surface area contributed by atoms with Gasteiger partial charge in [0.25, 0.3) is 0 Å². The summed E-state index contributed by atoms with van der Waals surface area (Å²) >= 11 is 0. The van der Waals surface area contributed by atoms with Crippen molar-refractivity contribution in [1.82, 2.24) is 24.6 Å². The monoisotopic (exact) mass is 382 g/mol. The molecule has 1 aliphatic heterocycles. The van der Waals surface area contributed by atoms with Crippen LogP contribution in [0, 0.1) is 0 Å². The van der Waals surface area contributed by atoms with Gasteiger partial charge in [-0.05, 0) is 19.9 Å². The van der Waals surface area contributed by atoms with Crippen molar-refractivity contribution in [3.8, 4) is 0 Å². The van der Waals surface area contributed by atoms with Crippen LogP contribution in [0.25, 0.3) is 0 Å². The molecule has 0 aliphatic carbocycles. The first-order valence-corrected chi connectivity index (χ1v) is 7.72. The summed E-state index contributed by atoms with van der Waals surface area (Å²) in [6.07, 6.45) is 1.79. The number of halogens is 2. The smallest absolute Gasteiger partial charge is 0.236 e. The van der Waals surface area contributed by atoms with E-state index in [9.17, 15) is 4.79 Å². The first-order valence-electron chi connectivity index (χ1n) is 7.72. The second-order valence-corrected chi connectivity index (χ2v) is 5.85. The number of nitrogens with zero attached hydrogens (tertiary/aromatic N) is 5. The number of piperidine rings is 1. The maximum absolute atomic E-state index is 11.6. The summed E-state index contributed by atoms with van der Waals surface area (Å²) < 4.78 is 2.04. The molecule has 1 aromatic rings. The number of hydrogen-bond acceptors (Lipinski definition) is 6. The van der Waals surface area contributed by atoms with Gasteiger partial charge in [0, 0.05) is 32.6 Å². The zero-order valence-corrected chi connectivity index (χ0v) is 15.9. The first-order chi connectivity index (χ1) is 10.6. The fourth-order valence-corrected chi connectivity index (χ4v) is 2.88. The third kappa shape index (κ3) is 5.56. The Kier molecular flexibility index (Phi) is 10.4. The van der Waals surface area contributed by atoms with Crippen molar-refractivity contribution in [2.45, 2.75) is 25.3 Å². The molecule has 0 saturated carbocycles. The highest BCUT2D eigenvalue weighted by Crippen LogP contribution is 2.26. The van der Waals surface area contributed by atoms with Crippen molar-refractivity contribution < 1.29 is 9.90 Å². The van der Waals surface area contributed by atoms with Crippen molar-refractivity contribution in [2.24, 2.45) is 12.8 Å². The lowest BCUT2D eigenvalue weighted by Gasteiger charge is -2.31. The summed E-state index contributed by atoms with van der Waals surface area (Å²) in [5.74, 6) is 2.22. The standard InChI is InChI=1S/C14H26N6O2.2ClH/c1-18(7-8-21)10-12-16-17-14(19(12)2)11-3-5-20(6-4-11)13(22)9-15;;/h11,21H,3-10,15H2,1-2H3;2*1H. The SMILES string of the molecule is CN(CCO)Cc1nnc(C2CCN(C(=O)CN)CC2)n1C.Cl.Cl. The number of carbonyl (C=O) groups excluding carboxylic acids is 1. The van der Waals surface area contributed by atoms with Crippen LogP contribution >= 0.6 is 24.8 Å². The normalized spacial score (nSPS) is 15.1. The van der Waals surface area contributed by atoms with E-state index in [4.69, 9.17) is 10.8 Å². The summed E-state index contributed by atoms with van der Waals surface area (Å²) in [5.41, 5.74) is 5.41. The van der Waals surface area contributed by atoms with E-state index in [1.807, 2.05) is 28.5 Å². The number of aliphatic hydroxyl groups is 1. The first kappa shape index (κ1) is 23.1. The molecule has 3 N–H and O–H groups in total. The van der Waals surface area contributed by atoms with Crippen LogP contribution < -0.4 is 5.73 Å². The van der Waals surface area contributed by atoms with Crippen LogP contribution in [0.5, 0.6) is 0 Å². The summed E-state index contributed by atoms with van der Waals surface area (Å²) in [5, 5.41) is 17.6. The van der Waals surface area contributed by atoms with Crippen molar-refractivity contribution in [3.63, 3.8) is 0 Å². The number of rotatable bonds is 6.